The number of H-pyrrole nitrogens is 1. The van der Waals surface area contributed by atoms with Gasteiger partial charge >= 0.3 is 0 Å². The fourth-order valence-electron chi connectivity index (χ4n) is 4.38. The van der Waals surface area contributed by atoms with E-state index < -0.39 is 21.9 Å². The second kappa shape index (κ2) is 6.45. The molecule has 0 spiro atoms. The van der Waals surface area contributed by atoms with Gasteiger partial charge in [0, 0.05) is 17.2 Å². The molecule has 3 heterocycles. The summed E-state index contributed by atoms with van der Waals surface area (Å²) >= 11 is 0. The maximum Gasteiger partial charge on any atom is 0.273 e. The number of hydrogen-bond acceptors (Lipinski definition) is 5. The molecule has 7 nitrogen and oxygen atoms in total. The van der Waals surface area contributed by atoms with Crippen LogP contribution in [0.4, 0.5) is 0 Å². The van der Waals surface area contributed by atoms with Crippen LogP contribution in [0.3, 0.4) is 0 Å². The van der Waals surface area contributed by atoms with Gasteiger partial charge in [0.2, 0.25) is 0 Å². The average Bonchev–Trinajstić information content (AvgIpc) is 3.36. The van der Waals surface area contributed by atoms with Gasteiger partial charge in [-0.3, -0.25) is 9.89 Å². The van der Waals surface area contributed by atoms with Crippen molar-refractivity contribution in [2.75, 3.05) is 11.5 Å². The van der Waals surface area contributed by atoms with Gasteiger partial charge < -0.3 is 10.0 Å². The van der Waals surface area contributed by atoms with E-state index in [1.54, 1.807) is 29.2 Å². The Morgan fingerprint density at radius 3 is 2.48 bits per heavy atom. The first-order chi connectivity index (χ1) is 14.0. The number of aromatic nitrogens is 2. The highest BCUT2D eigenvalue weighted by Gasteiger charge is 2.48. The average molecular weight is 409 g/mol. The van der Waals surface area contributed by atoms with Gasteiger partial charge in [-0.05, 0) is 24.1 Å². The molecule has 3 aromatic rings. The summed E-state index contributed by atoms with van der Waals surface area (Å²) < 4.78 is 24.2. The van der Waals surface area contributed by atoms with Crippen LogP contribution in [0, 0.1) is 0 Å². The van der Waals surface area contributed by atoms with Gasteiger partial charge in [-0.2, -0.15) is 5.10 Å². The number of phenols is 1. The molecule has 2 N–H and O–H groups in total. The maximum absolute atomic E-state index is 13.3. The minimum atomic E-state index is -3.16. The van der Waals surface area contributed by atoms with Crippen molar-refractivity contribution >= 4 is 15.7 Å². The molecule has 2 atom stereocenters. The summed E-state index contributed by atoms with van der Waals surface area (Å²) in [6.07, 6.45) is 0.418. The first kappa shape index (κ1) is 17.9. The van der Waals surface area contributed by atoms with Crippen molar-refractivity contribution in [3.8, 4) is 17.0 Å². The summed E-state index contributed by atoms with van der Waals surface area (Å²) in [5.74, 6) is -0.138. The Morgan fingerprint density at radius 2 is 1.79 bits per heavy atom. The lowest BCUT2D eigenvalue weighted by Crippen LogP contribution is -2.40. The zero-order chi connectivity index (χ0) is 20.2. The van der Waals surface area contributed by atoms with Crippen LogP contribution in [0.25, 0.3) is 11.3 Å². The summed E-state index contributed by atoms with van der Waals surface area (Å²) in [5.41, 5.74) is 2.93. The lowest BCUT2D eigenvalue weighted by molar-refractivity contribution is 0.0678. The molecule has 0 bridgehead atoms. The second-order valence-corrected chi connectivity index (χ2v) is 9.69. The Hall–Kier alpha value is -3.13. The van der Waals surface area contributed by atoms with E-state index >= 15 is 0 Å². The number of aromatic hydroxyl groups is 1. The lowest BCUT2D eigenvalue weighted by Gasteiger charge is -2.31. The number of fused-ring (bicyclic) bond motifs is 1. The van der Waals surface area contributed by atoms with Crippen molar-refractivity contribution in [1.29, 1.82) is 0 Å². The predicted molar refractivity (Wildman–Crippen MR) is 107 cm³/mol. The Bertz CT molecular complexity index is 1200. The van der Waals surface area contributed by atoms with Gasteiger partial charge in [0.25, 0.3) is 5.91 Å². The Labute approximate surface area is 167 Å². The van der Waals surface area contributed by atoms with Crippen LogP contribution in [0.5, 0.6) is 5.75 Å². The Kier molecular flexibility index (Phi) is 3.99. The van der Waals surface area contributed by atoms with Crippen molar-refractivity contribution in [3.63, 3.8) is 0 Å². The molecule has 148 valence electrons. The number of para-hydroxylation sites is 1. The third-order valence-electron chi connectivity index (χ3n) is 5.68. The van der Waals surface area contributed by atoms with Crippen LogP contribution in [0.2, 0.25) is 0 Å². The summed E-state index contributed by atoms with van der Waals surface area (Å²) in [7, 11) is -3.16. The highest BCUT2D eigenvalue weighted by atomic mass is 32.2. The number of nitrogens with zero attached hydrogens (tertiary/aromatic N) is 2. The van der Waals surface area contributed by atoms with E-state index in [0.717, 1.165) is 5.56 Å². The first-order valence-electron chi connectivity index (χ1n) is 9.41. The molecule has 5 rings (SSSR count). The van der Waals surface area contributed by atoms with Crippen LogP contribution >= 0.6 is 0 Å². The van der Waals surface area contributed by atoms with Crippen LogP contribution in [-0.4, -0.2) is 52.1 Å². The van der Waals surface area contributed by atoms with Crippen molar-refractivity contribution in [1.82, 2.24) is 15.1 Å². The minimum Gasteiger partial charge on any atom is -0.507 e. The van der Waals surface area contributed by atoms with E-state index in [9.17, 15) is 18.3 Å². The number of sulfone groups is 1. The number of amides is 1. The smallest absolute Gasteiger partial charge is 0.273 e. The third-order valence-corrected chi connectivity index (χ3v) is 7.43. The van der Waals surface area contributed by atoms with E-state index in [0.29, 0.717) is 28.9 Å². The predicted octanol–water partition coefficient (Wildman–Crippen LogP) is 2.51. The molecule has 1 amide bonds. The summed E-state index contributed by atoms with van der Waals surface area (Å²) in [5, 5.41) is 17.5. The minimum absolute atomic E-state index is 0.0360. The van der Waals surface area contributed by atoms with Gasteiger partial charge in [0.05, 0.1) is 17.5 Å². The zero-order valence-corrected chi connectivity index (χ0v) is 16.3. The monoisotopic (exact) mass is 409 g/mol. The fraction of sp³-hybridized carbons (Fsp3) is 0.238. The number of nitrogens with one attached hydrogen (secondary N) is 1. The molecule has 2 aliphatic rings. The standard InChI is InChI=1S/C21H19N3O4S/c25-16-9-5-4-8-15(16)18-17-19(23-22-18)21(26)24(14-10-11-29(27,28)12-14)20(17)13-6-2-1-3-7-13/h1-9,14,20,25H,10-12H2,(H,22,23). The third kappa shape index (κ3) is 2.82. The quantitative estimate of drug-likeness (QED) is 0.692. The normalized spacial score (nSPS) is 22.8. The Balaban J connectivity index is 1.69. The highest BCUT2D eigenvalue weighted by molar-refractivity contribution is 7.91. The van der Waals surface area contributed by atoms with Gasteiger partial charge in [-0.25, -0.2) is 8.42 Å². The van der Waals surface area contributed by atoms with Crippen LogP contribution in [0.15, 0.2) is 54.6 Å². The molecule has 2 aliphatic heterocycles. The molecular formula is C21H19N3O4S. The summed E-state index contributed by atoms with van der Waals surface area (Å²) in [4.78, 5) is 15.0. The summed E-state index contributed by atoms with van der Waals surface area (Å²) in [6.45, 7) is 0. The first-order valence-corrected chi connectivity index (χ1v) is 11.2. The topological polar surface area (TPSA) is 103 Å². The maximum atomic E-state index is 13.3. The summed E-state index contributed by atoms with van der Waals surface area (Å²) in [6, 6.07) is 15.5. The highest BCUT2D eigenvalue weighted by Crippen LogP contribution is 2.46. The van der Waals surface area contributed by atoms with E-state index in [2.05, 4.69) is 10.2 Å². The number of phenolic OH excluding ortho intramolecular Hbond substituents is 1. The molecule has 2 aromatic carbocycles. The molecule has 1 fully saturated rings. The van der Waals surface area contributed by atoms with Crippen molar-refractivity contribution in [2.45, 2.75) is 18.5 Å². The molecular weight excluding hydrogens is 390 g/mol. The lowest BCUT2D eigenvalue weighted by atomic mass is 9.95. The molecule has 29 heavy (non-hydrogen) atoms. The van der Waals surface area contributed by atoms with Crippen molar-refractivity contribution in [2.24, 2.45) is 0 Å². The fourth-order valence-corrected chi connectivity index (χ4v) is 6.09. The van der Waals surface area contributed by atoms with Crippen LogP contribution < -0.4 is 0 Å². The van der Waals surface area contributed by atoms with Crippen LogP contribution in [0.1, 0.15) is 34.1 Å². The van der Waals surface area contributed by atoms with E-state index in [4.69, 9.17) is 0 Å². The molecule has 0 radical (unpaired) electrons. The number of hydrogen-bond donors (Lipinski definition) is 2. The zero-order valence-electron chi connectivity index (χ0n) is 15.4. The van der Waals surface area contributed by atoms with E-state index in [1.165, 1.54) is 0 Å². The largest absolute Gasteiger partial charge is 0.507 e. The van der Waals surface area contributed by atoms with E-state index in [1.807, 2.05) is 30.3 Å². The molecule has 1 aromatic heterocycles. The number of benzene rings is 2. The van der Waals surface area contributed by atoms with Gasteiger partial charge in [-0.15, -0.1) is 0 Å². The van der Waals surface area contributed by atoms with Gasteiger partial charge in [-0.1, -0.05) is 42.5 Å². The second-order valence-electron chi connectivity index (χ2n) is 7.46. The van der Waals surface area contributed by atoms with Gasteiger partial charge in [0.15, 0.2) is 9.84 Å². The van der Waals surface area contributed by atoms with E-state index in [-0.39, 0.29) is 23.2 Å². The van der Waals surface area contributed by atoms with Crippen molar-refractivity contribution in [3.05, 3.63) is 71.4 Å². The number of aromatic amines is 1. The van der Waals surface area contributed by atoms with Crippen LogP contribution in [-0.2, 0) is 9.84 Å². The SMILES string of the molecule is O=C1c2[nH]nc(-c3ccccc3O)c2C(c2ccccc2)N1C1CCS(=O)(=O)C1. The number of rotatable bonds is 3. The number of carbonyl (C=O) groups is 1. The molecule has 8 heteroatoms. The van der Waals surface area contributed by atoms with Crippen molar-refractivity contribution < 1.29 is 18.3 Å². The Morgan fingerprint density at radius 1 is 1.07 bits per heavy atom. The van der Waals surface area contributed by atoms with Gasteiger partial charge in [0.1, 0.15) is 17.1 Å². The molecule has 2 unspecified atom stereocenters. The molecule has 0 aliphatic carbocycles. The molecule has 1 saturated heterocycles. The molecule has 0 saturated carbocycles. The number of carbonyl (C=O) groups excluding carboxylic acids is 1.